The van der Waals surface area contributed by atoms with Crippen molar-refractivity contribution in [3.63, 3.8) is 0 Å². The van der Waals surface area contributed by atoms with Gasteiger partial charge >= 0.3 is 12.2 Å². The summed E-state index contributed by atoms with van der Waals surface area (Å²) in [6, 6.07) is 5.42. The molecule has 1 atom stereocenters. The molecule has 1 aromatic carbocycles. The van der Waals surface area contributed by atoms with Gasteiger partial charge in [0.15, 0.2) is 5.82 Å². The first-order chi connectivity index (χ1) is 13.8. The van der Waals surface area contributed by atoms with E-state index in [2.05, 4.69) is 15.0 Å². The summed E-state index contributed by atoms with van der Waals surface area (Å²) >= 11 is 0. The van der Waals surface area contributed by atoms with E-state index in [-0.39, 0.29) is 18.6 Å². The third-order valence-electron chi connectivity index (χ3n) is 5.37. The normalized spacial score (nSPS) is 20.8. The molecule has 0 saturated carbocycles. The minimum atomic E-state index is -4.34. The summed E-state index contributed by atoms with van der Waals surface area (Å²) in [6.07, 6.45) is -3.54. The third kappa shape index (κ3) is 4.36. The van der Waals surface area contributed by atoms with Crippen molar-refractivity contribution in [1.82, 2.24) is 24.8 Å². The van der Waals surface area contributed by atoms with Crippen molar-refractivity contribution >= 4 is 6.03 Å². The predicted octanol–water partition coefficient (Wildman–Crippen LogP) is 2.91. The maximum atomic E-state index is 12.9. The third-order valence-corrected chi connectivity index (χ3v) is 5.37. The number of likely N-dealkylation sites (tertiary alicyclic amines) is 1. The highest BCUT2D eigenvalue weighted by atomic mass is 19.4. The number of benzene rings is 1. The highest BCUT2D eigenvalue weighted by Gasteiger charge is 2.37. The summed E-state index contributed by atoms with van der Waals surface area (Å²) in [5.74, 6) is 0.944. The lowest BCUT2D eigenvalue weighted by Gasteiger charge is -2.24. The molecule has 0 spiro atoms. The van der Waals surface area contributed by atoms with Crippen molar-refractivity contribution in [3.05, 3.63) is 47.1 Å². The van der Waals surface area contributed by atoms with E-state index in [0.29, 0.717) is 43.5 Å². The van der Waals surface area contributed by atoms with Gasteiger partial charge in [-0.2, -0.15) is 18.2 Å². The zero-order valence-corrected chi connectivity index (χ0v) is 16.0. The number of halogens is 3. The molecule has 7 nitrogen and oxygen atoms in total. The zero-order chi connectivity index (χ0) is 20.6. The molecule has 0 N–H and O–H groups in total. The highest BCUT2D eigenvalue weighted by Crippen LogP contribution is 2.30. The standard InChI is InChI=1S/C19H22F3N5O2/c1-13-23-17(29-24-13)12-26-7-8-27(18(26)28)16-5-6-25(11-16)10-14-3-2-4-15(9-14)19(20,21)22/h2-4,9,16H,5-8,10-12H2,1H3. The van der Waals surface area contributed by atoms with Gasteiger partial charge in [-0.05, 0) is 25.0 Å². The van der Waals surface area contributed by atoms with E-state index in [1.54, 1.807) is 17.9 Å². The highest BCUT2D eigenvalue weighted by molar-refractivity contribution is 5.76. The van der Waals surface area contributed by atoms with Crippen molar-refractivity contribution in [2.75, 3.05) is 26.2 Å². The van der Waals surface area contributed by atoms with Crippen LogP contribution in [-0.4, -0.2) is 63.1 Å². The summed E-state index contributed by atoms with van der Waals surface area (Å²) < 4.78 is 43.8. The first-order valence-electron chi connectivity index (χ1n) is 9.53. The molecular weight excluding hydrogens is 387 g/mol. The van der Waals surface area contributed by atoms with E-state index in [1.807, 2.05) is 4.90 Å². The first-order valence-corrected chi connectivity index (χ1v) is 9.53. The van der Waals surface area contributed by atoms with Crippen LogP contribution in [0.1, 0.15) is 29.3 Å². The Morgan fingerprint density at radius 3 is 2.76 bits per heavy atom. The lowest BCUT2D eigenvalue weighted by Crippen LogP contribution is -2.40. The Balaban J connectivity index is 1.33. The van der Waals surface area contributed by atoms with E-state index in [0.717, 1.165) is 19.0 Å². The van der Waals surface area contributed by atoms with Gasteiger partial charge in [0.2, 0.25) is 5.89 Å². The largest absolute Gasteiger partial charge is 0.416 e. The number of carbonyl (C=O) groups is 1. The molecule has 29 heavy (non-hydrogen) atoms. The van der Waals surface area contributed by atoms with Crippen LogP contribution in [0.15, 0.2) is 28.8 Å². The van der Waals surface area contributed by atoms with Gasteiger partial charge in [0.05, 0.1) is 5.56 Å². The van der Waals surface area contributed by atoms with Crippen LogP contribution in [-0.2, 0) is 19.3 Å². The van der Waals surface area contributed by atoms with Gasteiger partial charge in [0, 0.05) is 38.8 Å². The number of alkyl halides is 3. The lowest BCUT2D eigenvalue weighted by molar-refractivity contribution is -0.137. The maximum absolute atomic E-state index is 12.9. The molecule has 2 amide bonds. The smallest absolute Gasteiger partial charge is 0.337 e. The molecular formula is C19H22F3N5O2. The van der Waals surface area contributed by atoms with Crippen molar-refractivity contribution in [2.24, 2.45) is 0 Å². The minimum absolute atomic E-state index is 0.0581. The van der Waals surface area contributed by atoms with Gasteiger partial charge in [-0.1, -0.05) is 23.4 Å². The molecule has 0 aliphatic carbocycles. The van der Waals surface area contributed by atoms with Crippen molar-refractivity contribution < 1.29 is 22.5 Å². The number of aromatic nitrogens is 2. The van der Waals surface area contributed by atoms with Gasteiger partial charge in [-0.25, -0.2) is 4.79 Å². The number of carbonyl (C=O) groups excluding carboxylic acids is 1. The molecule has 3 heterocycles. The molecule has 0 bridgehead atoms. The molecule has 4 rings (SSSR count). The number of rotatable bonds is 5. The molecule has 1 aromatic heterocycles. The minimum Gasteiger partial charge on any atom is -0.337 e. The second kappa shape index (κ2) is 7.66. The molecule has 0 radical (unpaired) electrons. The van der Waals surface area contributed by atoms with Crippen LogP contribution in [0.5, 0.6) is 0 Å². The second-order valence-electron chi connectivity index (χ2n) is 7.51. The van der Waals surface area contributed by atoms with Crippen LogP contribution in [0.25, 0.3) is 0 Å². The molecule has 2 aliphatic rings. The van der Waals surface area contributed by atoms with Gasteiger partial charge in [0.25, 0.3) is 0 Å². The Morgan fingerprint density at radius 1 is 1.21 bits per heavy atom. The lowest BCUT2D eigenvalue weighted by atomic mass is 10.1. The zero-order valence-electron chi connectivity index (χ0n) is 16.0. The number of nitrogens with zero attached hydrogens (tertiary/aromatic N) is 5. The van der Waals surface area contributed by atoms with Crippen molar-refractivity contribution in [1.29, 1.82) is 0 Å². The molecule has 1 unspecified atom stereocenters. The van der Waals surface area contributed by atoms with Crippen LogP contribution >= 0.6 is 0 Å². The Kier molecular flexibility index (Phi) is 5.20. The fourth-order valence-corrected chi connectivity index (χ4v) is 3.97. The molecule has 2 fully saturated rings. The topological polar surface area (TPSA) is 65.7 Å². The van der Waals surface area contributed by atoms with E-state index in [1.165, 1.54) is 12.1 Å². The number of amides is 2. The van der Waals surface area contributed by atoms with Gasteiger partial charge in [-0.3, -0.25) is 4.90 Å². The molecule has 2 saturated heterocycles. The summed E-state index contributed by atoms with van der Waals surface area (Å²) in [4.78, 5) is 22.5. The monoisotopic (exact) mass is 409 g/mol. The summed E-state index contributed by atoms with van der Waals surface area (Å²) in [5, 5.41) is 3.74. The first kappa shape index (κ1) is 19.7. The maximum Gasteiger partial charge on any atom is 0.416 e. The second-order valence-corrected chi connectivity index (χ2v) is 7.51. The number of hydrogen-bond donors (Lipinski definition) is 0. The van der Waals surface area contributed by atoms with Crippen LogP contribution in [0, 0.1) is 6.92 Å². The predicted molar refractivity (Wildman–Crippen MR) is 96.7 cm³/mol. The van der Waals surface area contributed by atoms with Gasteiger partial charge in [-0.15, -0.1) is 0 Å². The average molecular weight is 409 g/mol. The molecule has 10 heteroatoms. The number of aryl methyl sites for hydroxylation is 1. The van der Waals surface area contributed by atoms with Crippen LogP contribution in [0.3, 0.4) is 0 Å². The Hall–Kier alpha value is -2.62. The summed E-state index contributed by atoms with van der Waals surface area (Å²) in [7, 11) is 0. The van der Waals surface area contributed by atoms with Crippen LogP contribution in [0.2, 0.25) is 0 Å². The van der Waals surface area contributed by atoms with Crippen molar-refractivity contribution in [3.8, 4) is 0 Å². The summed E-state index contributed by atoms with van der Waals surface area (Å²) in [6.45, 7) is 5.05. The van der Waals surface area contributed by atoms with E-state index >= 15 is 0 Å². The van der Waals surface area contributed by atoms with E-state index in [4.69, 9.17) is 4.52 Å². The number of hydrogen-bond acceptors (Lipinski definition) is 5. The summed E-state index contributed by atoms with van der Waals surface area (Å²) in [5.41, 5.74) is -0.00557. The fourth-order valence-electron chi connectivity index (χ4n) is 3.97. The molecule has 156 valence electrons. The van der Waals surface area contributed by atoms with E-state index < -0.39 is 11.7 Å². The van der Waals surface area contributed by atoms with Crippen LogP contribution < -0.4 is 0 Å². The quantitative estimate of drug-likeness (QED) is 0.760. The Morgan fingerprint density at radius 2 is 2.03 bits per heavy atom. The average Bonchev–Trinajstić information content (AvgIpc) is 3.37. The Labute approximate surface area is 166 Å². The fraction of sp³-hybridized carbons (Fsp3) is 0.526. The Bertz CT molecular complexity index is 885. The van der Waals surface area contributed by atoms with Crippen molar-refractivity contribution in [2.45, 2.75) is 38.7 Å². The number of urea groups is 1. The SMILES string of the molecule is Cc1noc(CN2CCN(C3CCN(Cc4cccc(C(F)(F)F)c4)C3)C2=O)n1. The van der Waals surface area contributed by atoms with E-state index in [9.17, 15) is 18.0 Å². The molecule has 2 aromatic rings. The molecule has 2 aliphatic heterocycles. The van der Waals surface area contributed by atoms with Gasteiger partial charge < -0.3 is 14.3 Å². The van der Waals surface area contributed by atoms with Crippen LogP contribution in [0.4, 0.5) is 18.0 Å². The van der Waals surface area contributed by atoms with Gasteiger partial charge in [0.1, 0.15) is 6.54 Å².